The van der Waals surface area contributed by atoms with Gasteiger partial charge in [0.05, 0.1) is 5.69 Å². The number of nitrogens with zero attached hydrogens (tertiary/aromatic N) is 1. The quantitative estimate of drug-likeness (QED) is 0.465. The van der Waals surface area contributed by atoms with Crippen molar-refractivity contribution >= 4 is 22.9 Å². The van der Waals surface area contributed by atoms with E-state index in [1.54, 1.807) is 6.92 Å². The van der Waals surface area contributed by atoms with E-state index in [0.717, 1.165) is 28.8 Å². The van der Waals surface area contributed by atoms with Gasteiger partial charge in [-0.3, -0.25) is 0 Å². The number of hydrogen-bond donors (Lipinski definition) is 4. The molecule has 3 rings (SSSR count). The molecule has 0 spiro atoms. The van der Waals surface area contributed by atoms with Gasteiger partial charge in [0.25, 0.3) is 0 Å². The molecule has 0 unspecified atom stereocenters. The Morgan fingerprint density at radius 1 is 1.11 bits per heavy atom. The minimum atomic E-state index is 0.366. The molecule has 0 saturated carbocycles. The lowest BCUT2D eigenvalue weighted by atomic mass is 9.96. The molecule has 2 aromatic rings. The van der Waals surface area contributed by atoms with Gasteiger partial charge in [0.2, 0.25) is 0 Å². The number of nitrogens with one attached hydrogen (secondary N) is 3. The minimum Gasteiger partial charge on any atom is -0.387 e. The molecular weight excluding hydrogens is 334 g/mol. The average molecular weight is 357 g/mol. The van der Waals surface area contributed by atoms with Crippen molar-refractivity contribution in [2.75, 3.05) is 6.54 Å². The van der Waals surface area contributed by atoms with E-state index >= 15 is 0 Å². The Bertz CT molecular complexity index is 966. The van der Waals surface area contributed by atoms with Crippen LogP contribution in [0.4, 0.5) is 5.69 Å². The van der Waals surface area contributed by atoms with Crippen LogP contribution in [-0.2, 0) is 0 Å². The Balaban J connectivity index is 1.89. The number of amidine groups is 1. The Morgan fingerprint density at radius 2 is 1.89 bits per heavy atom. The van der Waals surface area contributed by atoms with Crippen LogP contribution in [0.1, 0.15) is 30.0 Å². The van der Waals surface area contributed by atoms with Crippen LogP contribution in [0.3, 0.4) is 0 Å². The van der Waals surface area contributed by atoms with E-state index < -0.39 is 0 Å². The van der Waals surface area contributed by atoms with Crippen LogP contribution in [0.25, 0.3) is 0 Å². The summed E-state index contributed by atoms with van der Waals surface area (Å²) in [5.41, 5.74) is 11.4. The monoisotopic (exact) mass is 357 g/mol. The highest BCUT2D eigenvalue weighted by Gasteiger charge is 2.12. The highest BCUT2D eigenvalue weighted by atomic mass is 14.9. The molecule has 0 bridgehead atoms. The van der Waals surface area contributed by atoms with Crippen LogP contribution in [0.5, 0.6) is 0 Å². The second-order valence-corrected chi connectivity index (χ2v) is 6.39. The molecule has 1 aliphatic rings. The summed E-state index contributed by atoms with van der Waals surface area (Å²) < 4.78 is 0. The third-order valence-electron chi connectivity index (χ3n) is 4.34. The van der Waals surface area contributed by atoms with E-state index in [-0.39, 0.29) is 0 Å². The third-order valence-corrected chi connectivity index (χ3v) is 4.34. The molecule has 1 aliphatic heterocycles. The number of allylic oxidation sites excluding steroid dienone is 2. The van der Waals surface area contributed by atoms with Crippen molar-refractivity contribution in [2.24, 2.45) is 10.7 Å². The summed E-state index contributed by atoms with van der Waals surface area (Å²) >= 11 is 0. The lowest BCUT2D eigenvalue weighted by molar-refractivity contribution is 0.952. The Morgan fingerprint density at radius 3 is 2.59 bits per heavy atom. The van der Waals surface area contributed by atoms with E-state index in [2.05, 4.69) is 16.4 Å². The molecule has 5 N–H and O–H groups in total. The zero-order valence-corrected chi connectivity index (χ0v) is 15.3. The Labute approximate surface area is 159 Å². The maximum atomic E-state index is 8.54. The molecule has 5 nitrogen and oxygen atoms in total. The van der Waals surface area contributed by atoms with Crippen molar-refractivity contribution in [1.82, 2.24) is 5.32 Å². The van der Waals surface area contributed by atoms with Gasteiger partial charge in [-0.1, -0.05) is 42.5 Å². The first-order chi connectivity index (χ1) is 13.0. The summed E-state index contributed by atoms with van der Waals surface area (Å²) in [6.45, 7) is 2.53. The van der Waals surface area contributed by atoms with E-state index in [4.69, 9.17) is 16.6 Å². The first-order valence-electron chi connectivity index (χ1n) is 8.80. The molecule has 0 fully saturated rings. The number of rotatable bonds is 6. The summed E-state index contributed by atoms with van der Waals surface area (Å²) in [5.74, 6) is 0.366. The van der Waals surface area contributed by atoms with Crippen molar-refractivity contribution in [3.05, 3.63) is 89.1 Å². The van der Waals surface area contributed by atoms with Gasteiger partial charge < -0.3 is 21.9 Å². The molecule has 0 radical (unpaired) electrons. The van der Waals surface area contributed by atoms with Crippen molar-refractivity contribution in [1.29, 1.82) is 10.8 Å². The van der Waals surface area contributed by atoms with E-state index in [1.165, 1.54) is 0 Å². The standard InChI is InChI=1S/C22H23N5/c1-15(23)17-5-4-6-18(14-17)27-22(25)20-8-3-2-7-19(20)21(24)13-16-9-11-26-12-10-16/h2-11,14,23-24,26H,12-13H2,1H3,(H2,25,27). The Kier molecular flexibility index (Phi) is 5.61. The summed E-state index contributed by atoms with van der Waals surface area (Å²) in [6, 6.07) is 15.0. The fraction of sp³-hybridized carbons (Fsp3) is 0.136. The van der Waals surface area contributed by atoms with Gasteiger partial charge >= 0.3 is 0 Å². The van der Waals surface area contributed by atoms with Crippen LogP contribution in [0, 0.1) is 10.8 Å². The molecule has 27 heavy (non-hydrogen) atoms. The number of dihydropyridines is 1. The zero-order valence-electron chi connectivity index (χ0n) is 15.3. The normalized spacial score (nSPS) is 13.7. The van der Waals surface area contributed by atoms with Crippen molar-refractivity contribution < 1.29 is 0 Å². The predicted octanol–water partition coefficient (Wildman–Crippen LogP) is 3.91. The van der Waals surface area contributed by atoms with E-state index in [9.17, 15) is 0 Å². The lowest BCUT2D eigenvalue weighted by Gasteiger charge is -2.13. The largest absolute Gasteiger partial charge is 0.387 e. The van der Waals surface area contributed by atoms with E-state index in [0.29, 0.717) is 29.4 Å². The van der Waals surface area contributed by atoms with E-state index in [1.807, 2.05) is 60.8 Å². The third kappa shape index (κ3) is 4.58. The number of nitrogens with two attached hydrogens (primary N) is 1. The lowest BCUT2D eigenvalue weighted by Crippen LogP contribution is -2.18. The smallest absolute Gasteiger partial charge is 0.132 e. The first kappa shape index (κ1) is 18.3. The van der Waals surface area contributed by atoms with Gasteiger partial charge in [0.15, 0.2) is 0 Å². The molecule has 0 aliphatic carbocycles. The topological polar surface area (TPSA) is 98.1 Å². The van der Waals surface area contributed by atoms with Gasteiger partial charge in [0.1, 0.15) is 5.84 Å². The molecular formula is C22H23N5. The fourth-order valence-electron chi connectivity index (χ4n) is 2.90. The molecule has 0 atom stereocenters. The van der Waals surface area contributed by atoms with Gasteiger partial charge in [0, 0.05) is 35.5 Å². The molecule has 0 amide bonds. The van der Waals surface area contributed by atoms with Crippen molar-refractivity contribution in [3.63, 3.8) is 0 Å². The van der Waals surface area contributed by atoms with Crippen molar-refractivity contribution in [3.8, 4) is 0 Å². The molecule has 0 aromatic heterocycles. The van der Waals surface area contributed by atoms with Crippen LogP contribution >= 0.6 is 0 Å². The van der Waals surface area contributed by atoms with Gasteiger partial charge in [-0.05, 0) is 42.5 Å². The predicted molar refractivity (Wildman–Crippen MR) is 112 cm³/mol. The van der Waals surface area contributed by atoms with Crippen LogP contribution in [0.2, 0.25) is 0 Å². The zero-order chi connectivity index (χ0) is 19.2. The second kappa shape index (κ2) is 8.27. The molecule has 1 heterocycles. The number of hydrogen-bond acceptors (Lipinski definition) is 4. The molecule has 136 valence electrons. The van der Waals surface area contributed by atoms with Gasteiger partial charge in [-0.15, -0.1) is 0 Å². The van der Waals surface area contributed by atoms with Gasteiger partial charge in [-0.2, -0.15) is 0 Å². The number of aliphatic imine (C=N–C) groups is 1. The maximum Gasteiger partial charge on any atom is 0.132 e. The second-order valence-electron chi connectivity index (χ2n) is 6.39. The average Bonchev–Trinajstić information content (AvgIpc) is 2.69. The number of benzene rings is 2. The summed E-state index contributed by atoms with van der Waals surface area (Å²) in [4.78, 5) is 4.52. The molecule has 0 saturated heterocycles. The summed E-state index contributed by atoms with van der Waals surface area (Å²) in [6.07, 6.45) is 6.52. The highest BCUT2D eigenvalue weighted by Crippen LogP contribution is 2.19. The minimum absolute atomic E-state index is 0.366. The first-order valence-corrected chi connectivity index (χ1v) is 8.80. The SMILES string of the molecule is CC(=N)c1cccc(N=C(N)c2ccccc2C(=N)CC2=CCNC=C2)c1. The summed E-state index contributed by atoms with van der Waals surface area (Å²) in [5, 5.41) is 19.4. The highest BCUT2D eigenvalue weighted by molar-refractivity contribution is 6.11. The van der Waals surface area contributed by atoms with Gasteiger partial charge in [-0.25, -0.2) is 4.99 Å². The molecule has 5 heteroatoms. The molecule has 2 aromatic carbocycles. The van der Waals surface area contributed by atoms with Crippen LogP contribution < -0.4 is 11.1 Å². The summed E-state index contributed by atoms with van der Waals surface area (Å²) in [7, 11) is 0. The van der Waals surface area contributed by atoms with Crippen LogP contribution in [-0.4, -0.2) is 23.8 Å². The maximum absolute atomic E-state index is 8.54. The van der Waals surface area contributed by atoms with Crippen LogP contribution in [0.15, 0.2) is 77.4 Å². The van der Waals surface area contributed by atoms with Crippen molar-refractivity contribution in [2.45, 2.75) is 13.3 Å². The fourth-order valence-corrected chi connectivity index (χ4v) is 2.90. The Hall–Kier alpha value is -3.47.